The van der Waals surface area contributed by atoms with Crippen LogP contribution in [0.25, 0.3) is 0 Å². The van der Waals surface area contributed by atoms with Crippen molar-refractivity contribution in [2.24, 2.45) is 4.99 Å². The zero-order valence-corrected chi connectivity index (χ0v) is 18.4. The highest BCUT2D eigenvalue weighted by atomic mass is 127. The number of guanidine groups is 1. The van der Waals surface area contributed by atoms with Crippen LogP contribution in [0.4, 0.5) is 4.39 Å². The van der Waals surface area contributed by atoms with Crippen molar-refractivity contribution in [3.05, 3.63) is 63.1 Å². The Morgan fingerprint density at radius 2 is 1.92 bits per heavy atom. The van der Waals surface area contributed by atoms with Gasteiger partial charge in [0.2, 0.25) is 0 Å². The number of hydrogen-bond acceptors (Lipinski definition) is 2. The van der Waals surface area contributed by atoms with Crippen LogP contribution in [0, 0.1) is 5.82 Å². The molecule has 1 aromatic carbocycles. The molecule has 136 valence electrons. The van der Waals surface area contributed by atoms with E-state index in [9.17, 15) is 4.39 Å². The maximum absolute atomic E-state index is 13.7. The van der Waals surface area contributed by atoms with Gasteiger partial charge in [-0.15, -0.1) is 24.0 Å². The molecule has 4 nitrogen and oxygen atoms in total. The number of nitrogens with one attached hydrogen (secondary N) is 2. The minimum absolute atomic E-state index is 0. The smallest absolute Gasteiger partial charge is 0.190 e. The average Bonchev–Trinajstić information content (AvgIpc) is 2.58. The Morgan fingerprint density at radius 3 is 2.56 bits per heavy atom. The summed E-state index contributed by atoms with van der Waals surface area (Å²) in [4.78, 5) is 8.21. The minimum atomic E-state index is -0.196. The lowest BCUT2D eigenvalue weighted by Crippen LogP contribution is -2.39. The number of halogens is 4. The summed E-state index contributed by atoms with van der Waals surface area (Å²) in [6.45, 7) is 1.31. The van der Waals surface area contributed by atoms with Crippen LogP contribution in [0.3, 0.4) is 0 Å². The zero-order valence-electron chi connectivity index (χ0n) is 13.7. The molecular formula is C17H20BrClFIN4. The van der Waals surface area contributed by atoms with E-state index in [2.05, 4.69) is 36.5 Å². The van der Waals surface area contributed by atoms with E-state index in [-0.39, 0.29) is 29.8 Å². The lowest BCUT2D eigenvalue weighted by atomic mass is 10.1. The second kappa shape index (κ2) is 11.6. The average molecular weight is 542 g/mol. The van der Waals surface area contributed by atoms with E-state index in [1.54, 1.807) is 31.4 Å². The highest BCUT2D eigenvalue weighted by molar-refractivity contribution is 14.0. The molecule has 2 aromatic rings. The molecule has 0 aliphatic rings. The Labute approximate surface area is 177 Å². The van der Waals surface area contributed by atoms with E-state index in [1.807, 2.05) is 6.07 Å². The fourth-order valence-corrected chi connectivity index (χ4v) is 2.67. The van der Waals surface area contributed by atoms with Gasteiger partial charge in [0.25, 0.3) is 0 Å². The van der Waals surface area contributed by atoms with E-state index in [0.29, 0.717) is 36.2 Å². The van der Waals surface area contributed by atoms with Crippen LogP contribution < -0.4 is 10.6 Å². The van der Waals surface area contributed by atoms with E-state index >= 15 is 0 Å². The SMILES string of the molecule is CN=C(NCCc1ccc(Cl)nc1)NCCc1cc(Br)ccc1F.I. The predicted molar refractivity (Wildman–Crippen MR) is 116 cm³/mol. The molecule has 0 bridgehead atoms. The molecule has 0 spiro atoms. The second-order valence-corrected chi connectivity index (χ2v) is 6.45. The Balaban J connectivity index is 0.00000312. The van der Waals surface area contributed by atoms with Crippen molar-refractivity contribution < 1.29 is 4.39 Å². The molecule has 0 saturated heterocycles. The van der Waals surface area contributed by atoms with Gasteiger partial charge in [0.15, 0.2) is 5.96 Å². The number of aliphatic imine (C=N–C) groups is 1. The summed E-state index contributed by atoms with van der Waals surface area (Å²) >= 11 is 9.12. The van der Waals surface area contributed by atoms with Crippen molar-refractivity contribution in [1.82, 2.24) is 15.6 Å². The van der Waals surface area contributed by atoms with Crippen LogP contribution in [-0.2, 0) is 12.8 Å². The summed E-state index contributed by atoms with van der Waals surface area (Å²) in [7, 11) is 1.71. The third kappa shape index (κ3) is 7.87. The standard InChI is InChI=1S/C17H19BrClFN4.HI/c1-21-17(22-8-6-12-2-5-16(19)24-11-12)23-9-7-13-10-14(18)3-4-15(13)20;/h2-5,10-11H,6-9H2,1H3,(H2,21,22,23);1H. The van der Waals surface area contributed by atoms with Gasteiger partial charge in [0, 0.05) is 30.8 Å². The molecule has 25 heavy (non-hydrogen) atoms. The molecule has 0 fully saturated rings. The van der Waals surface area contributed by atoms with Crippen molar-refractivity contribution in [2.45, 2.75) is 12.8 Å². The minimum Gasteiger partial charge on any atom is -0.356 e. The first-order valence-corrected chi connectivity index (χ1v) is 8.74. The quantitative estimate of drug-likeness (QED) is 0.250. The van der Waals surface area contributed by atoms with Crippen LogP contribution >= 0.6 is 51.5 Å². The molecule has 8 heteroatoms. The lowest BCUT2D eigenvalue weighted by molar-refractivity contribution is 0.606. The van der Waals surface area contributed by atoms with Gasteiger partial charge < -0.3 is 10.6 Å². The van der Waals surface area contributed by atoms with Crippen LogP contribution in [0.2, 0.25) is 5.15 Å². The van der Waals surface area contributed by atoms with E-state index in [0.717, 1.165) is 16.5 Å². The van der Waals surface area contributed by atoms with Gasteiger partial charge in [-0.3, -0.25) is 4.99 Å². The van der Waals surface area contributed by atoms with Gasteiger partial charge in [0.05, 0.1) is 0 Å². The molecular weight excluding hydrogens is 521 g/mol. The van der Waals surface area contributed by atoms with Crippen molar-refractivity contribution in [1.29, 1.82) is 0 Å². The van der Waals surface area contributed by atoms with Gasteiger partial charge in [-0.1, -0.05) is 33.6 Å². The predicted octanol–water partition coefficient (Wildman–Crippen LogP) is 4.20. The Bertz CT molecular complexity index is 698. The van der Waals surface area contributed by atoms with Gasteiger partial charge in [-0.2, -0.15) is 0 Å². The van der Waals surface area contributed by atoms with Crippen LogP contribution in [0.5, 0.6) is 0 Å². The van der Waals surface area contributed by atoms with Crippen molar-refractivity contribution in [3.63, 3.8) is 0 Å². The zero-order chi connectivity index (χ0) is 17.4. The van der Waals surface area contributed by atoms with E-state index in [1.165, 1.54) is 6.07 Å². The first-order valence-electron chi connectivity index (χ1n) is 7.57. The molecule has 1 aromatic heterocycles. The van der Waals surface area contributed by atoms with Crippen LogP contribution in [0.15, 0.2) is 46.0 Å². The molecule has 0 saturated carbocycles. The first kappa shape index (κ1) is 22.1. The summed E-state index contributed by atoms with van der Waals surface area (Å²) in [6.07, 6.45) is 3.15. The van der Waals surface area contributed by atoms with Gasteiger partial charge >= 0.3 is 0 Å². The third-order valence-corrected chi connectivity index (χ3v) is 4.13. The highest BCUT2D eigenvalue weighted by Crippen LogP contribution is 2.15. The number of aromatic nitrogens is 1. The molecule has 0 aliphatic heterocycles. The topological polar surface area (TPSA) is 49.3 Å². The number of benzene rings is 1. The molecule has 1 heterocycles. The normalized spacial score (nSPS) is 11.0. The largest absolute Gasteiger partial charge is 0.356 e. The number of hydrogen-bond donors (Lipinski definition) is 2. The number of pyridine rings is 1. The summed E-state index contributed by atoms with van der Waals surface area (Å²) in [5.41, 5.74) is 1.76. The second-order valence-electron chi connectivity index (χ2n) is 5.15. The van der Waals surface area contributed by atoms with Crippen LogP contribution in [-0.4, -0.2) is 31.1 Å². The van der Waals surface area contributed by atoms with Gasteiger partial charge in [-0.25, -0.2) is 9.37 Å². The van der Waals surface area contributed by atoms with Gasteiger partial charge in [-0.05, 0) is 48.2 Å². The molecule has 0 atom stereocenters. The van der Waals surface area contributed by atoms with Crippen molar-refractivity contribution in [2.75, 3.05) is 20.1 Å². The van der Waals surface area contributed by atoms with E-state index < -0.39 is 0 Å². The fraction of sp³-hybridized carbons (Fsp3) is 0.294. The van der Waals surface area contributed by atoms with Crippen molar-refractivity contribution in [3.8, 4) is 0 Å². The summed E-state index contributed by atoms with van der Waals surface area (Å²) in [5, 5.41) is 6.89. The van der Waals surface area contributed by atoms with Crippen LogP contribution in [0.1, 0.15) is 11.1 Å². The van der Waals surface area contributed by atoms with Gasteiger partial charge in [0.1, 0.15) is 11.0 Å². The maximum atomic E-state index is 13.7. The molecule has 2 N–H and O–H groups in total. The number of rotatable bonds is 6. The summed E-state index contributed by atoms with van der Waals surface area (Å²) < 4.78 is 14.6. The Hall–Kier alpha value is -0.930. The third-order valence-electron chi connectivity index (χ3n) is 3.41. The van der Waals surface area contributed by atoms with E-state index in [4.69, 9.17) is 11.6 Å². The fourth-order valence-electron chi connectivity index (χ4n) is 2.15. The number of nitrogens with zero attached hydrogens (tertiary/aromatic N) is 2. The maximum Gasteiger partial charge on any atom is 0.190 e. The summed E-state index contributed by atoms with van der Waals surface area (Å²) in [5.74, 6) is 0.491. The van der Waals surface area contributed by atoms with Crippen molar-refractivity contribution >= 4 is 57.5 Å². The molecule has 0 unspecified atom stereocenters. The first-order chi connectivity index (χ1) is 11.6. The highest BCUT2D eigenvalue weighted by Gasteiger charge is 2.04. The molecule has 0 radical (unpaired) electrons. The molecule has 0 amide bonds. The summed E-state index contributed by atoms with van der Waals surface area (Å²) in [6, 6.07) is 8.67. The lowest BCUT2D eigenvalue weighted by Gasteiger charge is -2.12. The molecule has 0 aliphatic carbocycles. The molecule has 2 rings (SSSR count). The monoisotopic (exact) mass is 540 g/mol. The Kier molecular flexibility index (Phi) is 10.3. The Morgan fingerprint density at radius 1 is 1.20 bits per heavy atom.